The number of hydrogen-bond donors (Lipinski definition) is 5. The number of carbonyl (C=O) groups is 5. The molecule has 0 amide bonds. The monoisotopic (exact) mass is 771 g/mol. The van der Waals surface area contributed by atoms with E-state index in [9.17, 15) is 49.2 Å². The Morgan fingerprint density at radius 3 is 1.44 bits per heavy atom. The van der Waals surface area contributed by atoms with Gasteiger partial charge >= 0.3 is 20.2 Å². The molecule has 2 aromatic rings. The van der Waals surface area contributed by atoms with Crippen LogP contribution < -0.4 is 10.9 Å². The van der Waals surface area contributed by atoms with Crippen molar-refractivity contribution in [2.24, 2.45) is 0 Å². The van der Waals surface area contributed by atoms with Gasteiger partial charge in [-0.1, -0.05) is 48.5 Å². The highest BCUT2D eigenvalue weighted by Gasteiger charge is 2.20. The van der Waals surface area contributed by atoms with Crippen LogP contribution in [0.5, 0.6) is 0 Å². The van der Waals surface area contributed by atoms with E-state index >= 15 is 0 Å². The summed E-state index contributed by atoms with van der Waals surface area (Å²) < 4.78 is 9.90. The predicted octanol–water partition coefficient (Wildman–Crippen LogP) is -2.44. The van der Waals surface area contributed by atoms with E-state index in [1.54, 1.807) is 40.1 Å². The largest absolute Gasteiger partial charge is 0.488 e. The van der Waals surface area contributed by atoms with Crippen LogP contribution >= 0.6 is 0 Å². The van der Waals surface area contributed by atoms with Crippen LogP contribution in [-0.2, 0) is 46.5 Å². The summed E-state index contributed by atoms with van der Waals surface area (Å²) in [5.41, 5.74) is 2.36. The van der Waals surface area contributed by atoms with E-state index in [2.05, 4.69) is 0 Å². The Bertz CT molecular complexity index is 1470. The molecule has 0 unspecified atom stereocenters. The maximum absolute atomic E-state index is 12.9. The number of carboxylic acid groups (broad SMARTS) is 1. The van der Waals surface area contributed by atoms with Gasteiger partial charge in [0.1, 0.15) is 25.0 Å². The zero-order valence-electron chi connectivity index (χ0n) is 31.8. The number of nitrogens with zero attached hydrogens (tertiary/aromatic N) is 5. The number of ketones is 2. The molecule has 17 nitrogen and oxygen atoms in total. The molecular weight excluding hydrogens is 716 g/mol. The molecule has 0 radical (unpaired) electrons. The molecule has 0 heterocycles. The van der Waals surface area contributed by atoms with E-state index in [-0.39, 0.29) is 96.6 Å². The van der Waals surface area contributed by atoms with Crippen LogP contribution in [0.1, 0.15) is 36.8 Å². The molecule has 302 valence electrons. The zero-order valence-corrected chi connectivity index (χ0v) is 31.8. The van der Waals surface area contributed by atoms with Crippen LogP contribution in [0, 0.1) is 0 Å². The Morgan fingerprint density at radius 1 is 0.600 bits per heavy atom. The number of ether oxygens (including phenoxy) is 2. The molecule has 0 spiro atoms. The molecule has 2 rings (SSSR count). The summed E-state index contributed by atoms with van der Waals surface area (Å²) in [5, 5.41) is 48.0. The molecular formula is C36H55B2N5O12. The number of hydrogen-bond acceptors (Lipinski definition) is 16. The quantitative estimate of drug-likeness (QED) is 0.0296. The summed E-state index contributed by atoms with van der Waals surface area (Å²) in [6.45, 7) is 2.73. The number of benzene rings is 2. The Morgan fingerprint density at radius 2 is 1.00 bits per heavy atom. The van der Waals surface area contributed by atoms with E-state index in [0.717, 1.165) is 11.1 Å². The normalized spacial score (nSPS) is 11.4. The van der Waals surface area contributed by atoms with Gasteiger partial charge in [-0.05, 0) is 62.1 Å². The molecule has 19 heteroatoms. The minimum absolute atomic E-state index is 0.00972. The van der Waals surface area contributed by atoms with Crippen molar-refractivity contribution in [1.82, 2.24) is 24.5 Å². The van der Waals surface area contributed by atoms with Crippen molar-refractivity contribution in [2.45, 2.75) is 38.8 Å². The Balaban J connectivity index is 1.87. The van der Waals surface area contributed by atoms with Crippen LogP contribution in [0.3, 0.4) is 0 Å². The molecule has 0 saturated carbocycles. The minimum Gasteiger partial charge on any atom is -0.480 e. The summed E-state index contributed by atoms with van der Waals surface area (Å²) in [6.07, 6.45) is 1.51. The van der Waals surface area contributed by atoms with Gasteiger partial charge in [-0.25, -0.2) is 0 Å². The molecule has 55 heavy (non-hydrogen) atoms. The third-order valence-corrected chi connectivity index (χ3v) is 8.81. The van der Waals surface area contributed by atoms with Crippen LogP contribution in [0.2, 0.25) is 0 Å². The van der Waals surface area contributed by atoms with Crippen molar-refractivity contribution < 1.29 is 58.6 Å². The second kappa shape index (κ2) is 26.7. The smallest absolute Gasteiger partial charge is 0.480 e. The fourth-order valence-electron chi connectivity index (χ4n) is 6.02. The molecule has 5 N–H and O–H groups in total. The second-order valence-electron chi connectivity index (χ2n) is 13.5. The van der Waals surface area contributed by atoms with Crippen molar-refractivity contribution >= 4 is 55.6 Å². The maximum Gasteiger partial charge on any atom is 0.488 e. The van der Waals surface area contributed by atoms with Gasteiger partial charge in [0, 0.05) is 52.1 Å². The molecule has 2 aromatic carbocycles. The Hall–Kier alpha value is -4.04. The highest BCUT2D eigenvalue weighted by atomic mass is 16.5. The van der Waals surface area contributed by atoms with Crippen molar-refractivity contribution in [1.29, 1.82) is 0 Å². The van der Waals surface area contributed by atoms with Gasteiger partial charge in [0.25, 0.3) is 12.9 Å². The van der Waals surface area contributed by atoms with E-state index in [4.69, 9.17) is 9.47 Å². The summed E-state index contributed by atoms with van der Waals surface area (Å²) in [7, 11) is 0.554. The van der Waals surface area contributed by atoms with Gasteiger partial charge in [0.2, 0.25) is 0 Å². The summed E-state index contributed by atoms with van der Waals surface area (Å²) >= 11 is 0. The first-order valence-corrected chi connectivity index (χ1v) is 18.1. The fraction of sp³-hybridized carbons (Fsp3) is 0.528. The topological polar surface area (TPSA) is 221 Å². The molecule has 0 aliphatic heterocycles. The second-order valence-corrected chi connectivity index (χ2v) is 13.5. The van der Waals surface area contributed by atoms with Gasteiger partial charge in [0.05, 0.1) is 19.6 Å². The molecule has 0 aromatic heterocycles. The molecule has 0 aliphatic carbocycles. The third kappa shape index (κ3) is 19.9. The lowest BCUT2D eigenvalue weighted by Gasteiger charge is -2.28. The van der Waals surface area contributed by atoms with E-state index in [1.165, 1.54) is 4.90 Å². The van der Waals surface area contributed by atoms with Crippen LogP contribution in [0.25, 0.3) is 0 Å². The number of rotatable bonds is 32. The van der Waals surface area contributed by atoms with E-state index < -0.39 is 20.2 Å². The zero-order chi connectivity index (χ0) is 40.6. The summed E-state index contributed by atoms with van der Waals surface area (Å²) in [5.74, 6) is -1.34. The minimum atomic E-state index is -1.59. The van der Waals surface area contributed by atoms with Gasteiger partial charge in [0.15, 0.2) is 0 Å². The number of Topliss-reactive ketones (excluding diaryl/α,β-unsaturated/α-hetero) is 2. The molecule has 0 atom stereocenters. The Kier molecular flexibility index (Phi) is 22.9. The van der Waals surface area contributed by atoms with E-state index in [1.807, 2.05) is 42.1 Å². The molecule has 0 bridgehead atoms. The average molecular weight is 771 g/mol. The standard InChI is InChI=1S/C36H55B2N5O12/c1-39(21-30-9-3-5-13-34(30)37(50)51)15-7-11-32(46)23-42(25-36(48)49)19-17-41(26-54-28-44)18-20-43(27-55-29-45)24-33(47)12-8-16-40(2)22-31-10-4-6-14-35(31)38(52)53/h3-6,9-10,13-14,28-29,50-53H,7-8,11-12,15-27H2,1-2H3,(H,48,49). The summed E-state index contributed by atoms with van der Waals surface area (Å²) in [6, 6.07) is 14.0. The molecule has 0 aliphatic rings. The van der Waals surface area contributed by atoms with E-state index in [0.29, 0.717) is 49.9 Å². The fourth-order valence-corrected chi connectivity index (χ4v) is 6.02. The lowest BCUT2D eigenvalue weighted by atomic mass is 9.77. The highest BCUT2D eigenvalue weighted by molar-refractivity contribution is 6.59. The van der Waals surface area contributed by atoms with Gasteiger partial charge < -0.3 is 44.5 Å². The van der Waals surface area contributed by atoms with Crippen molar-refractivity contribution in [2.75, 3.05) is 86.5 Å². The lowest BCUT2D eigenvalue weighted by Crippen LogP contribution is -2.44. The van der Waals surface area contributed by atoms with Gasteiger partial charge in [-0.15, -0.1) is 0 Å². The van der Waals surface area contributed by atoms with Crippen LogP contribution in [0.15, 0.2) is 48.5 Å². The van der Waals surface area contributed by atoms with Gasteiger partial charge in [-0.2, -0.15) is 0 Å². The first-order valence-electron chi connectivity index (χ1n) is 18.1. The van der Waals surface area contributed by atoms with Crippen molar-refractivity contribution in [3.8, 4) is 0 Å². The number of carboxylic acids is 1. The molecule has 0 fully saturated rings. The van der Waals surface area contributed by atoms with Gasteiger partial charge in [-0.3, -0.25) is 38.7 Å². The third-order valence-electron chi connectivity index (χ3n) is 8.81. The molecule has 0 saturated heterocycles. The lowest BCUT2D eigenvalue weighted by molar-refractivity contribution is -0.139. The van der Waals surface area contributed by atoms with Crippen LogP contribution in [0.4, 0.5) is 0 Å². The number of carbonyl (C=O) groups excluding carboxylic acids is 4. The average Bonchev–Trinajstić information content (AvgIpc) is 3.13. The SMILES string of the molecule is CN(CCCC(=O)CN(CCN(CCN(CC(=O)O)CC(=O)CCCN(C)Cc1ccccc1B(O)O)COC=O)COC=O)Cc1ccccc1B(O)O. The first kappa shape index (κ1) is 47.1. The summed E-state index contributed by atoms with van der Waals surface area (Å²) in [4.78, 5) is 68.2. The van der Waals surface area contributed by atoms with Crippen molar-refractivity contribution in [3.05, 3.63) is 59.7 Å². The van der Waals surface area contributed by atoms with Crippen LogP contribution in [-0.4, -0.2) is 181 Å². The maximum atomic E-state index is 12.9. The van der Waals surface area contributed by atoms with Crippen molar-refractivity contribution in [3.63, 3.8) is 0 Å². The number of aliphatic carboxylic acids is 1. The first-order chi connectivity index (χ1) is 26.3. The highest BCUT2D eigenvalue weighted by Crippen LogP contribution is 2.07. The predicted molar refractivity (Wildman–Crippen MR) is 205 cm³/mol. The Labute approximate surface area is 323 Å².